The second-order valence-electron chi connectivity index (χ2n) is 5.82. The molecule has 0 radical (unpaired) electrons. The second kappa shape index (κ2) is 5.91. The van der Waals surface area contributed by atoms with E-state index in [2.05, 4.69) is 26.3 Å². The van der Waals surface area contributed by atoms with E-state index in [4.69, 9.17) is 0 Å². The third kappa shape index (κ3) is 2.93. The van der Waals surface area contributed by atoms with E-state index in [1.807, 2.05) is 24.3 Å². The molecule has 0 aliphatic carbocycles. The molecule has 128 valence electrons. The second-order valence-corrected chi connectivity index (χ2v) is 6.74. The van der Waals surface area contributed by atoms with Gasteiger partial charge in [0.2, 0.25) is 0 Å². The normalized spacial score (nSPS) is 13.6. The zero-order valence-corrected chi connectivity index (χ0v) is 14.5. The molecule has 0 spiro atoms. The largest absolute Gasteiger partial charge is 0.416 e. The smallest absolute Gasteiger partial charge is 0.369 e. The molecule has 0 unspecified atom stereocenters. The summed E-state index contributed by atoms with van der Waals surface area (Å²) in [5.74, 6) is 0.759. The van der Waals surface area contributed by atoms with Crippen LogP contribution in [0.1, 0.15) is 11.1 Å². The minimum Gasteiger partial charge on any atom is -0.369 e. The van der Waals surface area contributed by atoms with Gasteiger partial charge in [-0.15, -0.1) is 0 Å². The van der Waals surface area contributed by atoms with Crippen LogP contribution < -0.4 is 5.32 Å². The monoisotopic (exact) mass is 407 g/mol. The molecule has 1 aliphatic rings. The Kier molecular flexibility index (Phi) is 3.83. The van der Waals surface area contributed by atoms with Gasteiger partial charge >= 0.3 is 6.18 Å². The standard InChI is InChI=1S/C18H13BrF3N3/c19-13-5-1-3-11(9-13)16-15-7-8-23-17(15)25(24-16)14-6-2-4-12(10-14)18(20,21)22/h1-6,9-10,23H,7-8H2. The molecule has 0 bridgehead atoms. The first kappa shape index (κ1) is 16.2. The Morgan fingerprint density at radius 1 is 1.08 bits per heavy atom. The van der Waals surface area contributed by atoms with Crippen molar-refractivity contribution in [1.82, 2.24) is 9.78 Å². The molecule has 2 aromatic carbocycles. The Morgan fingerprint density at radius 3 is 2.64 bits per heavy atom. The van der Waals surface area contributed by atoms with Crippen LogP contribution in [0.15, 0.2) is 53.0 Å². The average Bonchev–Trinajstić information content (AvgIpc) is 3.16. The van der Waals surface area contributed by atoms with Crippen LogP contribution in [0.5, 0.6) is 0 Å². The highest BCUT2D eigenvalue weighted by Crippen LogP contribution is 2.36. The van der Waals surface area contributed by atoms with Gasteiger partial charge < -0.3 is 5.32 Å². The van der Waals surface area contributed by atoms with Crippen molar-refractivity contribution in [2.45, 2.75) is 12.6 Å². The number of halogens is 4. The van der Waals surface area contributed by atoms with Crippen molar-refractivity contribution in [3.63, 3.8) is 0 Å². The molecule has 0 saturated heterocycles. The lowest BCUT2D eigenvalue weighted by Gasteiger charge is -2.10. The zero-order valence-electron chi connectivity index (χ0n) is 12.9. The van der Waals surface area contributed by atoms with E-state index < -0.39 is 11.7 Å². The number of benzene rings is 2. The van der Waals surface area contributed by atoms with E-state index in [9.17, 15) is 13.2 Å². The predicted molar refractivity (Wildman–Crippen MR) is 93.9 cm³/mol. The number of nitrogens with one attached hydrogen (secondary N) is 1. The predicted octanol–water partition coefficient (Wildman–Crippen LogP) is 5.29. The molecule has 3 aromatic rings. The molecule has 1 aromatic heterocycles. The molecule has 1 aliphatic heterocycles. The lowest BCUT2D eigenvalue weighted by molar-refractivity contribution is -0.137. The Labute approximate surface area is 150 Å². The van der Waals surface area contributed by atoms with Crippen LogP contribution in [0.3, 0.4) is 0 Å². The van der Waals surface area contributed by atoms with Crippen LogP contribution in [-0.2, 0) is 12.6 Å². The van der Waals surface area contributed by atoms with Gasteiger partial charge in [-0.25, -0.2) is 4.68 Å². The van der Waals surface area contributed by atoms with Gasteiger partial charge in [0.15, 0.2) is 0 Å². The summed E-state index contributed by atoms with van der Waals surface area (Å²) in [4.78, 5) is 0. The minimum atomic E-state index is -4.38. The fourth-order valence-corrected chi connectivity index (χ4v) is 3.44. The maximum Gasteiger partial charge on any atom is 0.416 e. The molecule has 3 nitrogen and oxygen atoms in total. The van der Waals surface area contributed by atoms with Crippen molar-refractivity contribution in [1.29, 1.82) is 0 Å². The van der Waals surface area contributed by atoms with Crippen LogP contribution in [0.2, 0.25) is 0 Å². The molecule has 1 N–H and O–H groups in total. The van der Waals surface area contributed by atoms with Gasteiger partial charge in [0.25, 0.3) is 0 Å². The lowest BCUT2D eigenvalue weighted by Crippen LogP contribution is -2.08. The van der Waals surface area contributed by atoms with Gasteiger partial charge in [-0.1, -0.05) is 34.1 Å². The van der Waals surface area contributed by atoms with Gasteiger partial charge in [0.1, 0.15) is 5.82 Å². The summed E-state index contributed by atoms with van der Waals surface area (Å²) in [5, 5.41) is 7.84. The molecule has 2 heterocycles. The topological polar surface area (TPSA) is 29.9 Å². The average molecular weight is 408 g/mol. The molecule has 25 heavy (non-hydrogen) atoms. The molecule has 0 amide bonds. The minimum absolute atomic E-state index is 0.390. The SMILES string of the molecule is FC(F)(F)c1cccc(-n2nc(-c3cccc(Br)c3)c3c2NCC3)c1. The quantitative estimate of drug-likeness (QED) is 0.625. The number of hydrogen-bond acceptors (Lipinski definition) is 2. The van der Waals surface area contributed by atoms with Crippen molar-refractivity contribution >= 4 is 21.7 Å². The summed E-state index contributed by atoms with van der Waals surface area (Å²) in [6.07, 6.45) is -3.59. The summed E-state index contributed by atoms with van der Waals surface area (Å²) in [6.45, 7) is 0.743. The van der Waals surface area contributed by atoms with Crippen molar-refractivity contribution in [3.05, 3.63) is 64.1 Å². The Balaban J connectivity index is 1.86. The Bertz CT molecular complexity index is 947. The van der Waals surface area contributed by atoms with E-state index in [0.29, 0.717) is 5.69 Å². The van der Waals surface area contributed by atoms with Crippen LogP contribution >= 0.6 is 15.9 Å². The number of rotatable bonds is 2. The van der Waals surface area contributed by atoms with Gasteiger partial charge in [-0.2, -0.15) is 18.3 Å². The van der Waals surface area contributed by atoms with Crippen LogP contribution in [0.25, 0.3) is 16.9 Å². The number of anilines is 1. The first-order valence-corrected chi connectivity index (χ1v) is 8.52. The van der Waals surface area contributed by atoms with E-state index >= 15 is 0 Å². The summed E-state index contributed by atoms with van der Waals surface area (Å²) in [6, 6.07) is 13.0. The molecule has 0 atom stereocenters. The fraction of sp³-hybridized carbons (Fsp3) is 0.167. The van der Waals surface area contributed by atoms with E-state index in [0.717, 1.165) is 52.2 Å². The van der Waals surface area contributed by atoms with Crippen molar-refractivity contribution in [2.75, 3.05) is 11.9 Å². The van der Waals surface area contributed by atoms with Gasteiger partial charge in [-0.3, -0.25) is 0 Å². The number of fused-ring (bicyclic) bond motifs is 1. The van der Waals surface area contributed by atoms with Gasteiger partial charge in [-0.05, 0) is 36.8 Å². The van der Waals surface area contributed by atoms with E-state index in [-0.39, 0.29) is 0 Å². The molecular formula is C18H13BrF3N3. The first-order valence-electron chi connectivity index (χ1n) is 7.73. The van der Waals surface area contributed by atoms with E-state index in [1.165, 1.54) is 6.07 Å². The summed E-state index contributed by atoms with van der Waals surface area (Å²) in [7, 11) is 0. The maximum atomic E-state index is 13.0. The maximum absolute atomic E-state index is 13.0. The number of alkyl halides is 3. The van der Waals surface area contributed by atoms with Crippen LogP contribution in [0.4, 0.5) is 19.0 Å². The zero-order chi connectivity index (χ0) is 17.6. The highest BCUT2D eigenvalue weighted by atomic mass is 79.9. The number of aromatic nitrogens is 2. The molecular weight excluding hydrogens is 395 g/mol. The van der Waals surface area contributed by atoms with Crippen molar-refractivity contribution in [3.8, 4) is 16.9 Å². The summed E-state index contributed by atoms with van der Waals surface area (Å²) in [5.41, 5.74) is 2.45. The van der Waals surface area contributed by atoms with Crippen molar-refractivity contribution in [2.24, 2.45) is 0 Å². The molecule has 0 fully saturated rings. The third-order valence-corrected chi connectivity index (χ3v) is 4.66. The van der Waals surface area contributed by atoms with Crippen molar-refractivity contribution < 1.29 is 13.2 Å². The molecule has 0 saturated carbocycles. The number of hydrogen-bond donors (Lipinski definition) is 1. The van der Waals surface area contributed by atoms with Gasteiger partial charge in [0, 0.05) is 22.1 Å². The molecule has 7 heteroatoms. The number of nitrogens with zero attached hydrogens (tertiary/aromatic N) is 2. The molecule has 4 rings (SSSR count). The first-order chi connectivity index (χ1) is 11.9. The highest BCUT2D eigenvalue weighted by molar-refractivity contribution is 9.10. The Morgan fingerprint density at radius 2 is 1.88 bits per heavy atom. The Hall–Kier alpha value is -2.28. The van der Waals surface area contributed by atoms with E-state index in [1.54, 1.807) is 10.7 Å². The van der Waals surface area contributed by atoms with Crippen LogP contribution in [0, 0.1) is 0 Å². The highest BCUT2D eigenvalue weighted by Gasteiger charge is 2.31. The van der Waals surface area contributed by atoms with Crippen LogP contribution in [-0.4, -0.2) is 16.3 Å². The lowest BCUT2D eigenvalue weighted by atomic mass is 10.1. The van der Waals surface area contributed by atoms with Gasteiger partial charge in [0.05, 0.1) is 16.9 Å². The fourth-order valence-electron chi connectivity index (χ4n) is 3.04. The summed E-state index contributed by atoms with van der Waals surface area (Å²) >= 11 is 3.45. The third-order valence-electron chi connectivity index (χ3n) is 4.17. The summed E-state index contributed by atoms with van der Waals surface area (Å²) < 4.78 is 41.6.